The number of halogens is 2. The first-order chi connectivity index (χ1) is 9.52. The molecule has 0 fully saturated rings. The summed E-state index contributed by atoms with van der Waals surface area (Å²) in [5, 5.41) is 0. The van der Waals surface area contributed by atoms with E-state index in [-0.39, 0.29) is 18.0 Å². The molecule has 0 aromatic heterocycles. The Hall–Kier alpha value is -1.68. The van der Waals surface area contributed by atoms with E-state index in [0.29, 0.717) is 11.1 Å². The zero-order valence-corrected chi connectivity index (χ0v) is 12.8. The van der Waals surface area contributed by atoms with Crippen molar-refractivity contribution in [1.29, 1.82) is 0 Å². The van der Waals surface area contributed by atoms with Crippen LogP contribution in [0.1, 0.15) is 21.5 Å². The second-order valence-electron chi connectivity index (χ2n) is 4.48. The molecule has 0 radical (unpaired) electrons. The van der Waals surface area contributed by atoms with E-state index in [1.807, 2.05) is 19.1 Å². The number of Topliss-reactive ketones (excluding diaryl/α,β-unsaturated/α-hetero) is 1. The zero-order valence-electron chi connectivity index (χ0n) is 11.2. The maximum absolute atomic E-state index is 13.6. The molecule has 0 heterocycles. The van der Waals surface area contributed by atoms with Gasteiger partial charge in [-0.2, -0.15) is 0 Å². The van der Waals surface area contributed by atoms with Crippen LogP contribution in [0.5, 0.6) is 5.75 Å². The van der Waals surface area contributed by atoms with E-state index in [1.54, 1.807) is 12.1 Å². The first-order valence-electron chi connectivity index (χ1n) is 6.13. The molecule has 0 spiro atoms. The fraction of sp³-hybridized carbons (Fsp3) is 0.188. The Morgan fingerprint density at radius 2 is 2.05 bits per heavy atom. The lowest BCUT2D eigenvalue weighted by atomic mass is 9.99. The molecule has 4 heteroatoms. The van der Waals surface area contributed by atoms with Crippen LogP contribution in [0, 0.1) is 12.7 Å². The van der Waals surface area contributed by atoms with Crippen LogP contribution in [0.15, 0.2) is 40.9 Å². The number of methoxy groups -OCH3 is 1. The normalized spacial score (nSPS) is 10.4. The van der Waals surface area contributed by atoms with E-state index in [1.165, 1.54) is 19.2 Å². The van der Waals surface area contributed by atoms with Gasteiger partial charge in [-0.05, 0) is 36.2 Å². The third-order valence-electron chi connectivity index (χ3n) is 3.15. The number of carbonyl (C=O) groups excluding carboxylic acids is 1. The van der Waals surface area contributed by atoms with Crippen LogP contribution in [-0.2, 0) is 6.42 Å². The van der Waals surface area contributed by atoms with Crippen LogP contribution in [0.3, 0.4) is 0 Å². The fourth-order valence-electron chi connectivity index (χ4n) is 2.01. The predicted octanol–water partition coefficient (Wildman–Crippen LogP) is 4.33. The average molecular weight is 337 g/mol. The Bertz CT molecular complexity index is 653. The second kappa shape index (κ2) is 6.18. The van der Waals surface area contributed by atoms with Crippen molar-refractivity contribution in [2.75, 3.05) is 7.11 Å². The summed E-state index contributed by atoms with van der Waals surface area (Å²) in [7, 11) is 1.41. The molecule has 20 heavy (non-hydrogen) atoms. The highest BCUT2D eigenvalue weighted by molar-refractivity contribution is 9.10. The van der Waals surface area contributed by atoms with Crippen LogP contribution < -0.4 is 4.74 Å². The SMILES string of the molecule is COc1ccc(CC(=O)c2cccc(Br)c2C)cc1F. The third kappa shape index (κ3) is 3.07. The quantitative estimate of drug-likeness (QED) is 0.776. The topological polar surface area (TPSA) is 26.3 Å². The summed E-state index contributed by atoms with van der Waals surface area (Å²) in [5.74, 6) is -0.308. The molecule has 2 aromatic rings. The highest BCUT2D eigenvalue weighted by atomic mass is 79.9. The van der Waals surface area contributed by atoms with Gasteiger partial charge in [0.2, 0.25) is 0 Å². The van der Waals surface area contributed by atoms with E-state index in [2.05, 4.69) is 15.9 Å². The van der Waals surface area contributed by atoms with E-state index >= 15 is 0 Å². The number of ketones is 1. The molecule has 2 aromatic carbocycles. The molecule has 2 nitrogen and oxygen atoms in total. The number of hydrogen-bond acceptors (Lipinski definition) is 2. The van der Waals surface area contributed by atoms with Crippen molar-refractivity contribution < 1.29 is 13.9 Å². The van der Waals surface area contributed by atoms with Crippen LogP contribution in [0.2, 0.25) is 0 Å². The van der Waals surface area contributed by atoms with Crippen LogP contribution >= 0.6 is 15.9 Å². The Labute approximate surface area is 125 Å². The van der Waals surface area contributed by atoms with Gasteiger partial charge in [0.05, 0.1) is 7.11 Å². The molecule has 0 bridgehead atoms. The van der Waals surface area contributed by atoms with Gasteiger partial charge in [-0.1, -0.05) is 34.1 Å². The van der Waals surface area contributed by atoms with Crippen LogP contribution in [-0.4, -0.2) is 12.9 Å². The van der Waals surface area contributed by atoms with E-state index in [4.69, 9.17) is 4.74 Å². The Morgan fingerprint density at radius 1 is 1.30 bits per heavy atom. The third-order valence-corrected chi connectivity index (χ3v) is 4.01. The van der Waals surface area contributed by atoms with E-state index in [0.717, 1.165) is 10.0 Å². The van der Waals surface area contributed by atoms with E-state index < -0.39 is 5.82 Å². The van der Waals surface area contributed by atoms with Gasteiger partial charge in [0.1, 0.15) is 0 Å². The molecule has 0 unspecified atom stereocenters. The zero-order chi connectivity index (χ0) is 14.7. The highest BCUT2D eigenvalue weighted by Gasteiger charge is 2.13. The van der Waals surface area contributed by atoms with Crippen molar-refractivity contribution in [3.8, 4) is 5.75 Å². The number of carbonyl (C=O) groups is 1. The van der Waals surface area contributed by atoms with Crippen molar-refractivity contribution in [3.63, 3.8) is 0 Å². The van der Waals surface area contributed by atoms with Gasteiger partial charge in [-0.25, -0.2) is 4.39 Å². The van der Waals surface area contributed by atoms with Gasteiger partial charge >= 0.3 is 0 Å². The van der Waals surface area contributed by atoms with Crippen molar-refractivity contribution in [2.45, 2.75) is 13.3 Å². The summed E-state index contributed by atoms with van der Waals surface area (Å²) in [6.07, 6.45) is 0.165. The average Bonchev–Trinajstić information content (AvgIpc) is 2.42. The lowest BCUT2D eigenvalue weighted by Crippen LogP contribution is -2.06. The molecule has 0 amide bonds. The van der Waals surface area contributed by atoms with Crippen LogP contribution in [0.4, 0.5) is 4.39 Å². The summed E-state index contributed by atoms with van der Waals surface area (Å²) in [6, 6.07) is 10.1. The highest BCUT2D eigenvalue weighted by Crippen LogP contribution is 2.22. The maximum Gasteiger partial charge on any atom is 0.167 e. The molecule has 0 saturated heterocycles. The predicted molar refractivity (Wildman–Crippen MR) is 79.9 cm³/mol. The summed E-state index contributed by atoms with van der Waals surface area (Å²) in [4.78, 5) is 12.3. The molecule has 2 rings (SSSR count). The van der Waals surface area contributed by atoms with Crippen LogP contribution in [0.25, 0.3) is 0 Å². The minimum absolute atomic E-state index is 0.0339. The summed E-state index contributed by atoms with van der Waals surface area (Å²) < 4.78 is 19.4. The molecule has 0 aliphatic heterocycles. The molecule has 104 valence electrons. The lowest BCUT2D eigenvalue weighted by molar-refractivity contribution is 0.0992. The summed E-state index contributed by atoms with van der Waals surface area (Å²) in [5.41, 5.74) is 2.18. The minimum Gasteiger partial charge on any atom is -0.494 e. The molecular formula is C16H14BrFO2. The lowest BCUT2D eigenvalue weighted by Gasteiger charge is -2.08. The van der Waals surface area contributed by atoms with Gasteiger partial charge in [0, 0.05) is 16.5 Å². The molecule has 0 atom stereocenters. The molecule has 0 aliphatic rings. The van der Waals surface area contributed by atoms with Crippen molar-refractivity contribution >= 4 is 21.7 Å². The van der Waals surface area contributed by atoms with Gasteiger partial charge < -0.3 is 4.74 Å². The van der Waals surface area contributed by atoms with Gasteiger partial charge in [0.15, 0.2) is 17.3 Å². The van der Waals surface area contributed by atoms with Gasteiger partial charge in [-0.15, -0.1) is 0 Å². The van der Waals surface area contributed by atoms with Crippen molar-refractivity contribution in [1.82, 2.24) is 0 Å². The maximum atomic E-state index is 13.6. The first kappa shape index (κ1) is 14.7. The summed E-state index contributed by atoms with van der Waals surface area (Å²) in [6.45, 7) is 1.88. The molecule has 0 aliphatic carbocycles. The van der Waals surface area contributed by atoms with Gasteiger partial charge in [0.25, 0.3) is 0 Å². The first-order valence-corrected chi connectivity index (χ1v) is 6.93. The Balaban J connectivity index is 2.24. The van der Waals surface area contributed by atoms with Gasteiger partial charge in [-0.3, -0.25) is 4.79 Å². The summed E-state index contributed by atoms with van der Waals surface area (Å²) >= 11 is 3.40. The monoisotopic (exact) mass is 336 g/mol. The standard InChI is InChI=1S/C16H14BrFO2/c1-10-12(4-3-5-13(10)17)15(19)9-11-6-7-16(20-2)14(18)8-11/h3-8H,9H2,1-2H3. The Kier molecular flexibility index (Phi) is 4.55. The largest absolute Gasteiger partial charge is 0.494 e. The fourth-order valence-corrected chi connectivity index (χ4v) is 2.38. The van der Waals surface area contributed by atoms with Crippen molar-refractivity contribution in [2.24, 2.45) is 0 Å². The number of rotatable bonds is 4. The second-order valence-corrected chi connectivity index (χ2v) is 5.34. The Morgan fingerprint density at radius 3 is 2.70 bits per heavy atom. The molecule has 0 saturated carbocycles. The minimum atomic E-state index is -0.455. The molecule has 0 N–H and O–H groups in total. The van der Waals surface area contributed by atoms with E-state index in [9.17, 15) is 9.18 Å². The van der Waals surface area contributed by atoms with Crippen molar-refractivity contribution in [3.05, 3.63) is 63.4 Å². The molecular weight excluding hydrogens is 323 g/mol. The number of hydrogen-bond donors (Lipinski definition) is 0. The number of benzene rings is 2. The number of ether oxygens (including phenoxy) is 1. The smallest absolute Gasteiger partial charge is 0.167 e.